The highest BCUT2D eigenvalue weighted by Crippen LogP contribution is 2.13. The predicted octanol–water partition coefficient (Wildman–Crippen LogP) is 2.62. The highest BCUT2D eigenvalue weighted by molar-refractivity contribution is 7.80. The van der Waals surface area contributed by atoms with Gasteiger partial charge < -0.3 is 15.4 Å². The van der Waals surface area contributed by atoms with Gasteiger partial charge in [0, 0.05) is 18.8 Å². The summed E-state index contributed by atoms with van der Waals surface area (Å²) in [7, 11) is 1.68. The third-order valence-corrected chi connectivity index (χ3v) is 2.78. The van der Waals surface area contributed by atoms with Crippen molar-refractivity contribution in [3.05, 3.63) is 29.3 Å². The average molecular weight is 252 g/mol. The lowest BCUT2D eigenvalue weighted by molar-refractivity contribution is 0.179. The fourth-order valence-electron chi connectivity index (χ4n) is 1.50. The zero-order valence-corrected chi connectivity index (χ0v) is 11.6. The summed E-state index contributed by atoms with van der Waals surface area (Å²) in [5, 5.41) is 6.95. The molecule has 4 heteroatoms. The van der Waals surface area contributed by atoms with Gasteiger partial charge in [-0.2, -0.15) is 0 Å². The summed E-state index contributed by atoms with van der Waals surface area (Å²) in [6.07, 6.45) is 0. The Balaban J connectivity index is 2.53. The SMILES string of the molecule is COC[C@@H](C)NC(=S)Nc1ccc(C)c(C)c1. The van der Waals surface area contributed by atoms with Crippen LogP contribution in [0.1, 0.15) is 18.1 Å². The molecule has 0 radical (unpaired) electrons. The van der Waals surface area contributed by atoms with E-state index in [9.17, 15) is 0 Å². The Kier molecular flexibility index (Phi) is 5.38. The van der Waals surface area contributed by atoms with Crippen molar-refractivity contribution >= 4 is 23.0 Å². The minimum atomic E-state index is 0.201. The lowest BCUT2D eigenvalue weighted by Gasteiger charge is -2.16. The van der Waals surface area contributed by atoms with Crippen LogP contribution in [0.2, 0.25) is 0 Å². The van der Waals surface area contributed by atoms with E-state index in [0.29, 0.717) is 11.7 Å². The third-order valence-electron chi connectivity index (χ3n) is 2.56. The number of benzene rings is 1. The molecule has 0 fully saturated rings. The van der Waals surface area contributed by atoms with Crippen LogP contribution in [-0.4, -0.2) is 24.9 Å². The smallest absolute Gasteiger partial charge is 0.171 e. The van der Waals surface area contributed by atoms with Gasteiger partial charge in [-0.25, -0.2) is 0 Å². The Hall–Kier alpha value is -1.13. The molecule has 0 aliphatic rings. The van der Waals surface area contributed by atoms with Gasteiger partial charge in [0.25, 0.3) is 0 Å². The van der Waals surface area contributed by atoms with Crippen LogP contribution >= 0.6 is 12.2 Å². The van der Waals surface area contributed by atoms with Gasteiger partial charge in [-0.3, -0.25) is 0 Å². The van der Waals surface area contributed by atoms with Crippen LogP contribution in [-0.2, 0) is 4.74 Å². The van der Waals surface area contributed by atoms with Crippen molar-refractivity contribution in [1.82, 2.24) is 5.32 Å². The fraction of sp³-hybridized carbons (Fsp3) is 0.462. The highest BCUT2D eigenvalue weighted by atomic mass is 32.1. The molecular formula is C13H20N2OS. The van der Waals surface area contributed by atoms with Crippen molar-refractivity contribution in [2.45, 2.75) is 26.8 Å². The molecule has 1 rings (SSSR count). The van der Waals surface area contributed by atoms with E-state index >= 15 is 0 Å². The molecule has 1 aromatic rings. The summed E-state index contributed by atoms with van der Waals surface area (Å²) in [6, 6.07) is 6.40. The summed E-state index contributed by atoms with van der Waals surface area (Å²) in [6.45, 7) is 6.84. The standard InChI is InChI=1S/C13H20N2OS/c1-9-5-6-12(7-10(9)2)15-13(17)14-11(3)8-16-4/h5-7,11H,8H2,1-4H3,(H2,14,15,17)/t11-/m1/s1. The number of ether oxygens (including phenoxy) is 1. The quantitative estimate of drug-likeness (QED) is 0.807. The molecule has 0 unspecified atom stereocenters. The molecule has 0 heterocycles. The normalized spacial score (nSPS) is 12.0. The van der Waals surface area contributed by atoms with Crippen molar-refractivity contribution in [3.63, 3.8) is 0 Å². The molecule has 17 heavy (non-hydrogen) atoms. The molecule has 1 aromatic carbocycles. The molecule has 0 aliphatic heterocycles. The zero-order chi connectivity index (χ0) is 12.8. The first-order valence-corrected chi connectivity index (χ1v) is 6.07. The van der Waals surface area contributed by atoms with Crippen LogP contribution in [0, 0.1) is 13.8 Å². The molecule has 1 atom stereocenters. The van der Waals surface area contributed by atoms with Gasteiger partial charge in [0.15, 0.2) is 5.11 Å². The maximum atomic E-state index is 5.22. The fourth-order valence-corrected chi connectivity index (χ4v) is 1.82. The number of anilines is 1. The summed E-state index contributed by atoms with van der Waals surface area (Å²) in [5.74, 6) is 0. The maximum Gasteiger partial charge on any atom is 0.171 e. The van der Waals surface area contributed by atoms with E-state index in [1.165, 1.54) is 11.1 Å². The Morgan fingerprint density at radius 2 is 2.06 bits per heavy atom. The maximum absolute atomic E-state index is 5.22. The summed E-state index contributed by atoms with van der Waals surface area (Å²) in [5.41, 5.74) is 3.54. The van der Waals surface area contributed by atoms with E-state index in [4.69, 9.17) is 17.0 Å². The van der Waals surface area contributed by atoms with Crippen LogP contribution in [0.5, 0.6) is 0 Å². The van der Waals surface area contributed by atoms with Gasteiger partial charge in [-0.15, -0.1) is 0 Å². The lowest BCUT2D eigenvalue weighted by Crippen LogP contribution is -2.38. The Bertz CT molecular complexity index is 393. The van der Waals surface area contributed by atoms with E-state index in [1.54, 1.807) is 7.11 Å². The van der Waals surface area contributed by atoms with E-state index < -0.39 is 0 Å². The molecule has 0 aromatic heterocycles. The van der Waals surface area contributed by atoms with E-state index in [-0.39, 0.29) is 6.04 Å². The number of nitrogens with one attached hydrogen (secondary N) is 2. The second kappa shape index (κ2) is 6.57. The Morgan fingerprint density at radius 3 is 2.65 bits per heavy atom. The molecule has 0 bridgehead atoms. The molecule has 0 aliphatic carbocycles. The molecular weight excluding hydrogens is 232 g/mol. The van der Waals surface area contributed by atoms with Crippen LogP contribution < -0.4 is 10.6 Å². The van der Waals surface area contributed by atoms with Crippen molar-refractivity contribution in [3.8, 4) is 0 Å². The van der Waals surface area contributed by atoms with Crippen LogP contribution in [0.15, 0.2) is 18.2 Å². The van der Waals surface area contributed by atoms with Crippen molar-refractivity contribution in [1.29, 1.82) is 0 Å². The highest BCUT2D eigenvalue weighted by Gasteiger charge is 2.04. The van der Waals surface area contributed by atoms with Gasteiger partial charge in [0.05, 0.1) is 6.61 Å². The predicted molar refractivity (Wildman–Crippen MR) is 76.6 cm³/mol. The summed E-state index contributed by atoms with van der Waals surface area (Å²) >= 11 is 5.22. The van der Waals surface area contributed by atoms with Crippen molar-refractivity contribution < 1.29 is 4.74 Å². The first-order chi connectivity index (χ1) is 8.02. The zero-order valence-electron chi connectivity index (χ0n) is 10.8. The van der Waals surface area contributed by atoms with Gasteiger partial charge >= 0.3 is 0 Å². The summed E-state index contributed by atoms with van der Waals surface area (Å²) < 4.78 is 5.04. The van der Waals surface area contributed by atoms with Crippen molar-refractivity contribution in [2.24, 2.45) is 0 Å². The van der Waals surface area contributed by atoms with E-state index in [2.05, 4.69) is 36.6 Å². The second-order valence-corrected chi connectivity index (χ2v) is 4.66. The third kappa shape index (κ3) is 4.71. The summed E-state index contributed by atoms with van der Waals surface area (Å²) in [4.78, 5) is 0. The van der Waals surface area contributed by atoms with Crippen LogP contribution in [0.25, 0.3) is 0 Å². The molecule has 0 saturated carbocycles. The van der Waals surface area contributed by atoms with Gasteiger partial charge in [-0.05, 0) is 56.2 Å². The van der Waals surface area contributed by atoms with Crippen LogP contribution in [0.4, 0.5) is 5.69 Å². The Labute approximate surface area is 109 Å². The molecule has 0 saturated heterocycles. The number of thiocarbonyl (C=S) groups is 1. The van der Waals surface area contributed by atoms with E-state index in [0.717, 1.165) is 5.69 Å². The number of aryl methyl sites for hydroxylation is 2. The van der Waals surface area contributed by atoms with Crippen molar-refractivity contribution in [2.75, 3.05) is 19.0 Å². The molecule has 94 valence electrons. The largest absolute Gasteiger partial charge is 0.383 e. The Morgan fingerprint density at radius 1 is 1.35 bits per heavy atom. The minimum absolute atomic E-state index is 0.201. The molecule has 3 nitrogen and oxygen atoms in total. The number of hydrogen-bond donors (Lipinski definition) is 2. The average Bonchev–Trinajstić information content (AvgIpc) is 2.23. The van der Waals surface area contributed by atoms with E-state index in [1.807, 2.05) is 13.0 Å². The monoisotopic (exact) mass is 252 g/mol. The second-order valence-electron chi connectivity index (χ2n) is 4.25. The molecule has 0 amide bonds. The van der Waals surface area contributed by atoms with Gasteiger partial charge in [0.1, 0.15) is 0 Å². The number of hydrogen-bond acceptors (Lipinski definition) is 2. The first-order valence-electron chi connectivity index (χ1n) is 5.66. The topological polar surface area (TPSA) is 33.3 Å². The lowest BCUT2D eigenvalue weighted by atomic mass is 10.1. The molecule has 2 N–H and O–H groups in total. The van der Waals surface area contributed by atoms with Gasteiger partial charge in [-0.1, -0.05) is 6.07 Å². The number of methoxy groups -OCH3 is 1. The first kappa shape index (κ1) is 13.9. The van der Waals surface area contributed by atoms with Gasteiger partial charge in [0.2, 0.25) is 0 Å². The number of rotatable bonds is 4. The molecule has 0 spiro atoms. The minimum Gasteiger partial charge on any atom is -0.383 e. The van der Waals surface area contributed by atoms with Crippen LogP contribution in [0.3, 0.4) is 0 Å².